The molecule has 1 aliphatic rings. The highest BCUT2D eigenvalue weighted by molar-refractivity contribution is 5.71. The van der Waals surface area contributed by atoms with Crippen molar-refractivity contribution in [2.75, 3.05) is 11.9 Å². The van der Waals surface area contributed by atoms with E-state index in [-0.39, 0.29) is 17.2 Å². The Labute approximate surface area is 103 Å². The van der Waals surface area contributed by atoms with Gasteiger partial charge in [-0.3, -0.25) is 0 Å². The van der Waals surface area contributed by atoms with Gasteiger partial charge in [-0.25, -0.2) is 4.39 Å². The van der Waals surface area contributed by atoms with Crippen molar-refractivity contribution in [2.45, 2.75) is 39.0 Å². The summed E-state index contributed by atoms with van der Waals surface area (Å²) in [5, 5.41) is 0. The summed E-state index contributed by atoms with van der Waals surface area (Å²) in [5.74, 6) is 0.109. The average molecular weight is 233 g/mol. The van der Waals surface area contributed by atoms with Crippen molar-refractivity contribution >= 4 is 5.69 Å². The van der Waals surface area contributed by atoms with Gasteiger partial charge in [0, 0.05) is 18.2 Å². The third-order valence-corrected chi connectivity index (χ3v) is 3.90. The Balaban J connectivity index is 2.71. The molecule has 2 rings (SSSR count). The van der Waals surface area contributed by atoms with Gasteiger partial charge in [0.15, 0.2) is 5.82 Å². The summed E-state index contributed by atoms with van der Waals surface area (Å²) in [6, 6.07) is 3.95. The predicted molar refractivity (Wildman–Crippen MR) is 71.1 cm³/mol. The van der Waals surface area contributed by atoms with Gasteiger partial charge >= 0.3 is 0 Å². The van der Waals surface area contributed by atoms with Gasteiger partial charge in [0.25, 0.3) is 0 Å². The van der Waals surface area contributed by atoms with Crippen LogP contribution in [0.2, 0.25) is 0 Å². The summed E-state index contributed by atoms with van der Waals surface area (Å²) in [6.45, 7) is 12.3. The fourth-order valence-electron chi connectivity index (χ4n) is 2.57. The standard InChI is InChI=1S/C15H20FN/c1-9(2)11-7-8-12-14(13(11)16)17(6)10(3)15(12,4)5/h7-9H,3H2,1-2,4-6H3. The van der Waals surface area contributed by atoms with E-state index in [0.717, 1.165) is 16.8 Å². The molecule has 1 nitrogen and oxygen atoms in total. The van der Waals surface area contributed by atoms with Crippen LogP contribution in [0.25, 0.3) is 0 Å². The number of hydrogen-bond donors (Lipinski definition) is 0. The van der Waals surface area contributed by atoms with Crippen LogP contribution in [0.5, 0.6) is 0 Å². The molecule has 0 bridgehead atoms. The summed E-state index contributed by atoms with van der Waals surface area (Å²) in [5.41, 5.74) is 3.28. The summed E-state index contributed by atoms with van der Waals surface area (Å²) in [7, 11) is 1.89. The zero-order valence-corrected chi connectivity index (χ0v) is 11.3. The number of likely N-dealkylation sites (N-methyl/N-ethyl adjacent to an activating group) is 1. The number of allylic oxidation sites excluding steroid dienone is 1. The molecule has 0 radical (unpaired) electrons. The first-order chi connectivity index (χ1) is 7.78. The van der Waals surface area contributed by atoms with Crippen LogP contribution in [-0.4, -0.2) is 7.05 Å². The summed E-state index contributed by atoms with van der Waals surface area (Å²) < 4.78 is 14.5. The minimum absolute atomic E-state index is 0.0910. The normalized spacial score (nSPS) is 17.8. The van der Waals surface area contributed by atoms with Crippen LogP contribution in [0.1, 0.15) is 44.7 Å². The molecule has 92 valence electrons. The lowest BCUT2D eigenvalue weighted by atomic mass is 9.83. The topological polar surface area (TPSA) is 3.24 Å². The van der Waals surface area contributed by atoms with Crippen molar-refractivity contribution in [1.82, 2.24) is 0 Å². The van der Waals surface area contributed by atoms with Crippen LogP contribution in [0.3, 0.4) is 0 Å². The lowest BCUT2D eigenvalue weighted by Crippen LogP contribution is -2.21. The van der Waals surface area contributed by atoms with E-state index in [4.69, 9.17) is 0 Å². The Morgan fingerprint density at radius 2 is 1.88 bits per heavy atom. The molecule has 0 aromatic heterocycles. The molecule has 0 saturated carbocycles. The second-order valence-electron chi connectivity index (χ2n) is 5.65. The first-order valence-corrected chi connectivity index (χ1v) is 6.04. The van der Waals surface area contributed by atoms with E-state index in [0.29, 0.717) is 5.69 Å². The van der Waals surface area contributed by atoms with E-state index in [1.54, 1.807) is 0 Å². The molecule has 1 heterocycles. The number of nitrogens with zero attached hydrogens (tertiary/aromatic N) is 1. The van der Waals surface area contributed by atoms with E-state index in [1.807, 2.05) is 37.9 Å². The second kappa shape index (κ2) is 3.59. The highest BCUT2D eigenvalue weighted by Gasteiger charge is 2.39. The van der Waals surface area contributed by atoms with Crippen LogP contribution < -0.4 is 4.90 Å². The number of rotatable bonds is 1. The number of fused-ring (bicyclic) bond motifs is 1. The fraction of sp³-hybridized carbons (Fsp3) is 0.467. The van der Waals surface area contributed by atoms with Gasteiger partial charge in [-0.05, 0) is 17.0 Å². The first-order valence-electron chi connectivity index (χ1n) is 6.04. The predicted octanol–water partition coefficient (Wildman–Crippen LogP) is 4.19. The molecule has 1 aromatic carbocycles. The van der Waals surface area contributed by atoms with Crippen LogP contribution in [0.4, 0.5) is 10.1 Å². The first kappa shape index (κ1) is 12.2. The zero-order chi connectivity index (χ0) is 13.0. The molecule has 17 heavy (non-hydrogen) atoms. The molecular weight excluding hydrogens is 213 g/mol. The molecule has 1 aliphatic heterocycles. The molecule has 0 saturated heterocycles. The van der Waals surface area contributed by atoms with Gasteiger partial charge in [0.1, 0.15) is 0 Å². The molecular formula is C15H20FN. The van der Waals surface area contributed by atoms with E-state index in [9.17, 15) is 4.39 Å². The van der Waals surface area contributed by atoms with Crippen LogP contribution in [0, 0.1) is 5.82 Å². The van der Waals surface area contributed by atoms with Gasteiger partial charge in [0.2, 0.25) is 0 Å². The maximum Gasteiger partial charge on any atom is 0.150 e. The Kier molecular flexibility index (Phi) is 2.57. The van der Waals surface area contributed by atoms with Crippen molar-refractivity contribution in [1.29, 1.82) is 0 Å². The minimum atomic E-state index is -0.180. The Bertz CT molecular complexity index is 486. The number of hydrogen-bond acceptors (Lipinski definition) is 1. The Hall–Kier alpha value is -1.31. The van der Waals surface area contributed by atoms with Gasteiger partial charge in [0.05, 0.1) is 5.69 Å². The third kappa shape index (κ3) is 1.50. The molecule has 0 fully saturated rings. The van der Waals surface area contributed by atoms with Crippen LogP contribution in [0.15, 0.2) is 24.4 Å². The Morgan fingerprint density at radius 1 is 1.29 bits per heavy atom. The van der Waals surface area contributed by atoms with Crippen molar-refractivity contribution in [3.05, 3.63) is 41.4 Å². The summed E-state index contributed by atoms with van der Waals surface area (Å²) in [6.07, 6.45) is 0. The molecule has 0 unspecified atom stereocenters. The lowest BCUT2D eigenvalue weighted by molar-refractivity contribution is 0.597. The monoisotopic (exact) mass is 233 g/mol. The highest BCUT2D eigenvalue weighted by Crippen LogP contribution is 2.48. The SMILES string of the molecule is C=C1N(C)c2c(ccc(C(C)C)c2F)C1(C)C. The number of halogens is 1. The zero-order valence-electron chi connectivity index (χ0n) is 11.3. The summed E-state index contributed by atoms with van der Waals surface area (Å²) >= 11 is 0. The maximum atomic E-state index is 14.5. The van der Waals surface area contributed by atoms with Gasteiger partial charge in [-0.15, -0.1) is 0 Å². The third-order valence-electron chi connectivity index (χ3n) is 3.90. The molecule has 1 aromatic rings. The van der Waals surface area contributed by atoms with Crippen molar-refractivity contribution in [2.24, 2.45) is 0 Å². The van der Waals surface area contributed by atoms with Crippen molar-refractivity contribution in [3.8, 4) is 0 Å². The molecule has 0 atom stereocenters. The largest absolute Gasteiger partial charge is 0.345 e. The number of anilines is 1. The number of benzene rings is 1. The van der Waals surface area contributed by atoms with Crippen LogP contribution >= 0.6 is 0 Å². The minimum Gasteiger partial charge on any atom is -0.345 e. The van der Waals surface area contributed by atoms with Gasteiger partial charge in [-0.1, -0.05) is 46.4 Å². The lowest BCUT2D eigenvalue weighted by Gasteiger charge is -2.22. The van der Waals surface area contributed by atoms with E-state index >= 15 is 0 Å². The maximum absolute atomic E-state index is 14.5. The molecule has 0 amide bonds. The molecule has 0 N–H and O–H groups in total. The molecule has 0 spiro atoms. The smallest absolute Gasteiger partial charge is 0.150 e. The summed E-state index contributed by atoms with van der Waals surface area (Å²) in [4.78, 5) is 1.89. The molecule has 0 aliphatic carbocycles. The quantitative estimate of drug-likeness (QED) is 0.703. The molecule has 2 heteroatoms. The fourth-order valence-corrected chi connectivity index (χ4v) is 2.57. The van der Waals surface area contributed by atoms with Crippen molar-refractivity contribution in [3.63, 3.8) is 0 Å². The van der Waals surface area contributed by atoms with E-state index < -0.39 is 0 Å². The van der Waals surface area contributed by atoms with E-state index in [2.05, 4.69) is 20.4 Å². The van der Waals surface area contributed by atoms with Gasteiger partial charge in [-0.2, -0.15) is 0 Å². The average Bonchev–Trinajstić information content (AvgIpc) is 2.41. The van der Waals surface area contributed by atoms with Crippen LogP contribution in [-0.2, 0) is 5.41 Å². The highest BCUT2D eigenvalue weighted by atomic mass is 19.1. The second-order valence-corrected chi connectivity index (χ2v) is 5.65. The Morgan fingerprint density at radius 3 is 2.41 bits per heavy atom. The van der Waals surface area contributed by atoms with E-state index in [1.165, 1.54) is 0 Å². The van der Waals surface area contributed by atoms with Crippen molar-refractivity contribution < 1.29 is 4.39 Å². The van der Waals surface area contributed by atoms with Gasteiger partial charge < -0.3 is 4.90 Å².